The van der Waals surface area contributed by atoms with Gasteiger partial charge in [0, 0.05) is 26.2 Å². The van der Waals surface area contributed by atoms with E-state index >= 15 is 0 Å². The van der Waals surface area contributed by atoms with Crippen LogP contribution in [-0.4, -0.2) is 49.5 Å². The van der Waals surface area contributed by atoms with E-state index in [-0.39, 0.29) is 11.8 Å². The summed E-state index contributed by atoms with van der Waals surface area (Å²) in [5.74, 6) is 0.882. The van der Waals surface area contributed by atoms with Crippen molar-refractivity contribution in [3.63, 3.8) is 0 Å². The Labute approximate surface area is 121 Å². The molecule has 2 rings (SSSR count). The topological polar surface area (TPSA) is 41.6 Å². The maximum atomic E-state index is 12.8. The van der Waals surface area contributed by atoms with Crippen LogP contribution in [0, 0.1) is 0 Å². The number of carbonyl (C=O) groups excluding carboxylic acids is 1. The first kappa shape index (κ1) is 15.0. The molecular formula is C16H24N2O2. The van der Waals surface area contributed by atoms with E-state index in [0.717, 1.165) is 32.6 Å². The van der Waals surface area contributed by atoms with E-state index < -0.39 is 0 Å². The highest BCUT2D eigenvalue weighted by Gasteiger charge is 2.27. The number of benzene rings is 1. The van der Waals surface area contributed by atoms with E-state index in [9.17, 15) is 4.79 Å². The van der Waals surface area contributed by atoms with Gasteiger partial charge in [0.1, 0.15) is 5.75 Å². The second-order valence-electron chi connectivity index (χ2n) is 5.00. The fourth-order valence-corrected chi connectivity index (χ4v) is 2.73. The summed E-state index contributed by atoms with van der Waals surface area (Å²) in [4.78, 5) is 15.1. The molecule has 1 saturated heterocycles. The van der Waals surface area contributed by atoms with Gasteiger partial charge in [0.15, 0.2) is 5.78 Å². The molecule has 1 heterocycles. The maximum absolute atomic E-state index is 12.8. The molecule has 0 aliphatic carbocycles. The standard InChI is InChI=1S/C16H24N2O2/c1-3-14(18-11-9-17-10-12-18)16(19)13-7-5-6-8-15(13)20-4-2/h5-8,14,17H,3-4,9-12H2,1-2H3. The van der Waals surface area contributed by atoms with Gasteiger partial charge in [0.05, 0.1) is 18.2 Å². The molecule has 0 radical (unpaired) electrons. The van der Waals surface area contributed by atoms with Gasteiger partial charge < -0.3 is 10.1 Å². The zero-order chi connectivity index (χ0) is 14.4. The van der Waals surface area contributed by atoms with Crippen LogP contribution < -0.4 is 10.1 Å². The zero-order valence-corrected chi connectivity index (χ0v) is 12.4. The van der Waals surface area contributed by atoms with Crippen molar-refractivity contribution >= 4 is 5.78 Å². The van der Waals surface area contributed by atoms with Crippen molar-refractivity contribution < 1.29 is 9.53 Å². The van der Waals surface area contributed by atoms with Crippen LogP contribution in [0.4, 0.5) is 0 Å². The molecule has 1 unspecified atom stereocenters. The highest BCUT2D eigenvalue weighted by molar-refractivity contribution is 6.02. The third kappa shape index (κ3) is 3.38. The number of carbonyl (C=O) groups is 1. The molecule has 1 atom stereocenters. The van der Waals surface area contributed by atoms with Crippen LogP contribution in [0.5, 0.6) is 5.75 Å². The normalized spacial score (nSPS) is 17.7. The van der Waals surface area contributed by atoms with Gasteiger partial charge >= 0.3 is 0 Å². The second-order valence-corrected chi connectivity index (χ2v) is 5.00. The number of ketones is 1. The minimum absolute atomic E-state index is 0.0429. The fourth-order valence-electron chi connectivity index (χ4n) is 2.73. The lowest BCUT2D eigenvalue weighted by molar-refractivity contribution is 0.0786. The molecule has 110 valence electrons. The Morgan fingerprint density at radius 2 is 2.00 bits per heavy atom. The predicted octanol–water partition coefficient (Wildman–Crippen LogP) is 1.95. The number of hydrogen-bond donors (Lipinski definition) is 1. The van der Waals surface area contributed by atoms with Crippen molar-refractivity contribution in [2.75, 3.05) is 32.8 Å². The van der Waals surface area contributed by atoms with Gasteiger partial charge in [0.25, 0.3) is 0 Å². The van der Waals surface area contributed by atoms with Crippen molar-refractivity contribution in [3.8, 4) is 5.75 Å². The number of hydrogen-bond acceptors (Lipinski definition) is 4. The summed E-state index contributed by atoms with van der Waals surface area (Å²) in [5.41, 5.74) is 0.708. The Balaban J connectivity index is 2.19. The molecule has 0 saturated carbocycles. The second kappa shape index (κ2) is 7.41. The van der Waals surface area contributed by atoms with Gasteiger partial charge in [0.2, 0.25) is 0 Å². The Bertz CT molecular complexity index is 442. The van der Waals surface area contributed by atoms with Gasteiger partial charge in [-0.2, -0.15) is 0 Å². The third-order valence-corrected chi connectivity index (χ3v) is 3.73. The molecular weight excluding hydrogens is 252 g/mol. The molecule has 1 aromatic rings. The molecule has 20 heavy (non-hydrogen) atoms. The Hall–Kier alpha value is -1.39. The van der Waals surface area contributed by atoms with Gasteiger partial charge in [-0.05, 0) is 25.5 Å². The minimum Gasteiger partial charge on any atom is -0.493 e. The van der Waals surface area contributed by atoms with Crippen LogP contribution >= 0.6 is 0 Å². The average Bonchev–Trinajstić information content (AvgIpc) is 2.50. The van der Waals surface area contributed by atoms with Crippen molar-refractivity contribution in [3.05, 3.63) is 29.8 Å². The Morgan fingerprint density at radius 3 is 2.65 bits per heavy atom. The van der Waals surface area contributed by atoms with Crippen LogP contribution in [-0.2, 0) is 0 Å². The van der Waals surface area contributed by atoms with Gasteiger partial charge in [-0.15, -0.1) is 0 Å². The molecule has 1 aliphatic rings. The fraction of sp³-hybridized carbons (Fsp3) is 0.562. The average molecular weight is 276 g/mol. The Kier molecular flexibility index (Phi) is 5.56. The number of nitrogens with one attached hydrogen (secondary N) is 1. The first-order chi connectivity index (χ1) is 9.77. The maximum Gasteiger partial charge on any atom is 0.183 e. The van der Waals surface area contributed by atoms with Crippen molar-refractivity contribution in [2.45, 2.75) is 26.3 Å². The summed E-state index contributed by atoms with van der Waals surface area (Å²) in [7, 11) is 0. The minimum atomic E-state index is -0.0429. The van der Waals surface area contributed by atoms with Crippen LogP contribution in [0.15, 0.2) is 24.3 Å². The van der Waals surface area contributed by atoms with Gasteiger partial charge in [-0.3, -0.25) is 9.69 Å². The van der Waals surface area contributed by atoms with Crippen LogP contribution in [0.3, 0.4) is 0 Å². The molecule has 1 aromatic carbocycles. The SMILES string of the molecule is CCOc1ccccc1C(=O)C(CC)N1CCNCC1. The molecule has 1 aliphatic heterocycles. The van der Waals surface area contributed by atoms with E-state index in [4.69, 9.17) is 4.74 Å². The van der Waals surface area contributed by atoms with Crippen LogP contribution in [0.1, 0.15) is 30.6 Å². The van der Waals surface area contributed by atoms with E-state index in [1.807, 2.05) is 31.2 Å². The summed E-state index contributed by atoms with van der Waals surface area (Å²) in [6, 6.07) is 7.52. The summed E-state index contributed by atoms with van der Waals surface area (Å²) in [6.45, 7) is 8.37. The smallest absolute Gasteiger partial charge is 0.183 e. The van der Waals surface area contributed by atoms with Crippen LogP contribution in [0.25, 0.3) is 0 Å². The van der Waals surface area contributed by atoms with Crippen LogP contribution in [0.2, 0.25) is 0 Å². The summed E-state index contributed by atoms with van der Waals surface area (Å²) in [6.07, 6.45) is 0.833. The number of rotatable bonds is 6. The number of Topliss-reactive ketones (excluding diaryl/α,β-unsaturated/α-hetero) is 1. The summed E-state index contributed by atoms with van der Waals surface area (Å²) < 4.78 is 5.59. The predicted molar refractivity (Wildman–Crippen MR) is 80.5 cm³/mol. The zero-order valence-electron chi connectivity index (χ0n) is 12.4. The molecule has 1 N–H and O–H groups in total. The molecule has 1 fully saturated rings. The first-order valence-electron chi connectivity index (χ1n) is 7.48. The van der Waals surface area contributed by atoms with Gasteiger partial charge in [-0.25, -0.2) is 0 Å². The number of ether oxygens (including phenoxy) is 1. The third-order valence-electron chi connectivity index (χ3n) is 3.73. The highest BCUT2D eigenvalue weighted by atomic mass is 16.5. The van der Waals surface area contributed by atoms with Crippen molar-refractivity contribution in [1.82, 2.24) is 10.2 Å². The van der Waals surface area contributed by atoms with E-state index in [0.29, 0.717) is 17.9 Å². The van der Waals surface area contributed by atoms with Gasteiger partial charge in [-0.1, -0.05) is 19.1 Å². The Morgan fingerprint density at radius 1 is 1.30 bits per heavy atom. The molecule has 4 nitrogen and oxygen atoms in total. The number of piperazine rings is 1. The van der Waals surface area contributed by atoms with Crippen molar-refractivity contribution in [2.24, 2.45) is 0 Å². The molecule has 0 bridgehead atoms. The monoisotopic (exact) mass is 276 g/mol. The lowest BCUT2D eigenvalue weighted by atomic mass is 9.99. The molecule has 4 heteroatoms. The molecule has 0 aromatic heterocycles. The van der Waals surface area contributed by atoms with E-state index in [1.165, 1.54) is 0 Å². The lowest BCUT2D eigenvalue weighted by Gasteiger charge is -2.33. The van der Waals surface area contributed by atoms with Crippen molar-refractivity contribution in [1.29, 1.82) is 0 Å². The number of nitrogens with zero attached hydrogens (tertiary/aromatic N) is 1. The quantitative estimate of drug-likeness (QED) is 0.806. The summed E-state index contributed by atoms with van der Waals surface area (Å²) in [5, 5.41) is 3.33. The lowest BCUT2D eigenvalue weighted by Crippen LogP contribution is -2.51. The first-order valence-corrected chi connectivity index (χ1v) is 7.48. The largest absolute Gasteiger partial charge is 0.493 e. The molecule has 0 amide bonds. The highest BCUT2D eigenvalue weighted by Crippen LogP contribution is 2.22. The van der Waals surface area contributed by atoms with E-state index in [2.05, 4.69) is 17.1 Å². The van der Waals surface area contributed by atoms with E-state index in [1.54, 1.807) is 0 Å². The summed E-state index contributed by atoms with van der Waals surface area (Å²) >= 11 is 0. The number of para-hydroxylation sites is 1. The molecule has 0 spiro atoms.